The van der Waals surface area contributed by atoms with E-state index in [9.17, 15) is 9.59 Å². The van der Waals surface area contributed by atoms with Crippen LogP contribution >= 0.6 is 24.0 Å². The van der Waals surface area contributed by atoms with E-state index in [2.05, 4.69) is 4.84 Å². The maximum atomic E-state index is 11.3. The van der Waals surface area contributed by atoms with Crippen molar-refractivity contribution in [1.29, 1.82) is 0 Å². The number of hydrogen-bond acceptors (Lipinski definition) is 4. The lowest BCUT2D eigenvalue weighted by molar-refractivity contribution is 0.0693. The van der Waals surface area contributed by atoms with E-state index in [0.717, 1.165) is 10.5 Å². The van der Waals surface area contributed by atoms with Crippen LogP contribution in [0.1, 0.15) is 31.8 Å². The first-order chi connectivity index (χ1) is 14.1. The molecule has 5 nitrogen and oxygen atoms in total. The average Bonchev–Trinajstić information content (AvgIpc) is 3.01. The third kappa shape index (κ3) is 7.28. The summed E-state index contributed by atoms with van der Waals surface area (Å²) in [6, 6.07) is 26.6. The van der Waals surface area contributed by atoms with Gasteiger partial charge in [0.2, 0.25) is 0 Å². The van der Waals surface area contributed by atoms with Crippen molar-refractivity contribution < 1.29 is 14.4 Å². The molecule has 0 fully saturated rings. The number of carbonyl (C=O) groups is 2. The van der Waals surface area contributed by atoms with Crippen LogP contribution in [0.25, 0.3) is 0 Å². The molecule has 3 aromatic carbocycles. The van der Waals surface area contributed by atoms with E-state index in [-0.39, 0.29) is 24.2 Å². The van der Waals surface area contributed by atoms with Crippen LogP contribution in [0, 0.1) is 0 Å². The summed E-state index contributed by atoms with van der Waals surface area (Å²) in [6.07, 6.45) is 0. The number of rotatable bonds is 3. The molecular formula is C23H24Cl2N2O3. The fourth-order valence-electron chi connectivity index (χ4n) is 2.55. The molecule has 30 heavy (non-hydrogen) atoms. The Morgan fingerprint density at radius 3 is 1.53 bits per heavy atom. The minimum absolute atomic E-state index is 0. The number of amides is 2. The third-order valence-electron chi connectivity index (χ3n) is 4.09. The molecule has 0 aliphatic carbocycles. The number of nitrogens with two attached hydrogens (primary N) is 1. The monoisotopic (exact) mass is 446 g/mol. The summed E-state index contributed by atoms with van der Waals surface area (Å²) in [4.78, 5) is 28.2. The van der Waals surface area contributed by atoms with E-state index in [0.29, 0.717) is 23.6 Å². The number of nitrogens with zero attached hydrogens (tertiary/aromatic N) is 1. The molecule has 0 radical (unpaired) electrons. The maximum Gasteiger partial charge on any atom is 0.261 e. The molecule has 0 bridgehead atoms. The second-order valence-electron chi connectivity index (χ2n) is 6.13. The van der Waals surface area contributed by atoms with Gasteiger partial charge in [-0.2, -0.15) is 0 Å². The van der Waals surface area contributed by atoms with Crippen molar-refractivity contribution in [3.05, 3.63) is 107 Å². The molecule has 7 heteroatoms. The predicted molar refractivity (Wildman–Crippen MR) is 122 cm³/mol. The van der Waals surface area contributed by atoms with Gasteiger partial charge in [0.15, 0.2) is 0 Å². The Labute approximate surface area is 187 Å². The van der Waals surface area contributed by atoms with Crippen LogP contribution in [0.2, 0.25) is 0 Å². The zero-order valence-electron chi connectivity index (χ0n) is 16.5. The van der Waals surface area contributed by atoms with Crippen molar-refractivity contribution in [1.82, 2.24) is 4.90 Å². The molecule has 1 aliphatic heterocycles. The Morgan fingerprint density at radius 2 is 1.17 bits per heavy atom. The smallest absolute Gasteiger partial charge is 0.261 e. The lowest BCUT2D eigenvalue weighted by Gasteiger charge is -2.02. The highest BCUT2D eigenvalue weighted by Gasteiger charge is 2.31. The van der Waals surface area contributed by atoms with Crippen molar-refractivity contribution in [2.24, 2.45) is 5.90 Å². The summed E-state index contributed by atoms with van der Waals surface area (Å²) in [7, 11) is 1.49. The molecule has 4 rings (SSSR count). The van der Waals surface area contributed by atoms with Crippen molar-refractivity contribution in [2.75, 3.05) is 7.05 Å². The van der Waals surface area contributed by atoms with Crippen LogP contribution in [-0.4, -0.2) is 23.8 Å². The van der Waals surface area contributed by atoms with Crippen molar-refractivity contribution >= 4 is 35.8 Å². The SMILES string of the molecule is CN1C(=O)c2ccccc2C1=O.Cl.ClCc1ccccc1.NOCc1ccccc1. The zero-order chi connectivity index (χ0) is 21.1. The Hall–Kier alpha value is -2.70. The summed E-state index contributed by atoms with van der Waals surface area (Å²) >= 11 is 5.53. The van der Waals surface area contributed by atoms with E-state index in [1.165, 1.54) is 12.6 Å². The number of halogens is 2. The van der Waals surface area contributed by atoms with Crippen LogP contribution in [-0.2, 0) is 17.3 Å². The van der Waals surface area contributed by atoms with E-state index in [4.69, 9.17) is 17.5 Å². The molecule has 0 unspecified atom stereocenters. The fraction of sp³-hybridized carbons (Fsp3) is 0.130. The molecule has 0 saturated heterocycles. The van der Waals surface area contributed by atoms with Gasteiger partial charge in [-0.3, -0.25) is 19.3 Å². The van der Waals surface area contributed by atoms with Crippen molar-refractivity contribution in [2.45, 2.75) is 12.5 Å². The zero-order valence-corrected chi connectivity index (χ0v) is 18.1. The van der Waals surface area contributed by atoms with Gasteiger partial charge in [-0.1, -0.05) is 72.8 Å². The highest BCUT2D eigenvalue weighted by Crippen LogP contribution is 2.20. The number of imide groups is 1. The fourth-order valence-corrected chi connectivity index (χ4v) is 2.73. The second-order valence-corrected chi connectivity index (χ2v) is 6.40. The van der Waals surface area contributed by atoms with Gasteiger partial charge < -0.3 is 0 Å². The summed E-state index contributed by atoms with van der Waals surface area (Å²) in [5.74, 6) is 5.05. The highest BCUT2D eigenvalue weighted by atomic mass is 35.5. The quantitative estimate of drug-likeness (QED) is 0.355. The van der Waals surface area contributed by atoms with E-state index in [1.807, 2.05) is 60.7 Å². The molecule has 2 amide bonds. The maximum absolute atomic E-state index is 11.3. The van der Waals surface area contributed by atoms with Crippen LogP contribution in [0.5, 0.6) is 0 Å². The highest BCUT2D eigenvalue weighted by molar-refractivity contribution is 6.21. The topological polar surface area (TPSA) is 72.6 Å². The van der Waals surface area contributed by atoms with Crippen LogP contribution in [0.4, 0.5) is 0 Å². The minimum atomic E-state index is -0.212. The Kier molecular flexibility index (Phi) is 11.4. The lowest BCUT2D eigenvalue weighted by atomic mass is 10.1. The van der Waals surface area contributed by atoms with Gasteiger partial charge in [0.25, 0.3) is 11.8 Å². The molecule has 0 atom stereocenters. The van der Waals surface area contributed by atoms with Crippen molar-refractivity contribution in [3.8, 4) is 0 Å². The lowest BCUT2D eigenvalue weighted by Crippen LogP contribution is -2.24. The molecule has 2 N–H and O–H groups in total. The van der Waals surface area contributed by atoms with Crippen LogP contribution in [0.3, 0.4) is 0 Å². The van der Waals surface area contributed by atoms with Gasteiger partial charge in [0, 0.05) is 12.9 Å². The largest absolute Gasteiger partial charge is 0.300 e. The van der Waals surface area contributed by atoms with E-state index < -0.39 is 0 Å². The normalized spacial score (nSPS) is 11.4. The summed E-state index contributed by atoms with van der Waals surface area (Å²) in [5.41, 5.74) is 3.28. The Balaban J connectivity index is 0.000000227. The Morgan fingerprint density at radius 1 is 0.767 bits per heavy atom. The second kappa shape index (κ2) is 13.5. The van der Waals surface area contributed by atoms with Gasteiger partial charge >= 0.3 is 0 Å². The molecular weight excluding hydrogens is 423 g/mol. The number of fused-ring (bicyclic) bond motifs is 1. The van der Waals surface area contributed by atoms with Gasteiger partial charge in [-0.05, 0) is 23.3 Å². The standard InChI is InChI=1S/C9H7NO2.C7H7Cl.C7H9NO.ClH/c1-10-8(11)6-4-2-3-5-7(6)9(10)12;8-6-7-4-2-1-3-5-7;8-9-6-7-4-2-1-3-5-7;/h2-5H,1H3;1-5H,6H2;1-5H,6,8H2;1H. The molecule has 3 aromatic rings. The predicted octanol–water partition coefficient (Wildman–Crippen LogP) is 4.84. The average molecular weight is 447 g/mol. The molecule has 1 aliphatic rings. The first-order valence-corrected chi connectivity index (χ1v) is 9.48. The first kappa shape index (κ1) is 25.3. The number of alkyl halides is 1. The third-order valence-corrected chi connectivity index (χ3v) is 4.40. The Bertz CT molecular complexity index is 887. The van der Waals surface area contributed by atoms with Gasteiger partial charge in [-0.25, -0.2) is 5.90 Å². The summed E-state index contributed by atoms with van der Waals surface area (Å²) in [6.45, 7) is 0.487. The van der Waals surface area contributed by atoms with E-state index in [1.54, 1.807) is 24.3 Å². The molecule has 1 heterocycles. The number of benzene rings is 3. The summed E-state index contributed by atoms with van der Waals surface area (Å²) in [5, 5.41) is 0. The number of carbonyl (C=O) groups excluding carboxylic acids is 2. The van der Waals surface area contributed by atoms with Crippen molar-refractivity contribution in [3.63, 3.8) is 0 Å². The van der Waals surface area contributed by atoms with Gasteiger partial charge in [0.1, 0.15) is 0 Å². The summed E-state index contributed by atoms with van der Waals surface area (Å²) < 4.78 is 0. The molecule has 158 valence electrons. The molecule has 0 spiro atoms. The molecule has 0 aromatic heterocycles. The minimum Gasteiger partial charge on any atom is -0.300 e. The van der Waals surface area contributed by atoms with Gasteiger partial charge in [-0.15, -0.1) is 24.0 Å². The molecule has 0 saturated carbocycles. The van der Waals surface area contributed by atoms with E-state index >= 15 is 0 Å². The van der Waals surface area contributed by atoms with Crippen LogP contribution < -0.4 is 5.90 Å². The van der Waals surface area contributed by atoms with Gasteiger partial charge in [0.05, 0.1) is 17.7 Å². The van der Waals surface area contributed by atoms with Crippen LogP contribution in [0.15, 0.2) is 84.9 Å². The number of hydrogen-bond donors (Lipinski definition) is 1. The first-order valence-electron chi connectivity index (χ1n) is 8.95.